The first-order valence-electron chi connectivity index (χ1n) is 11.5. The van der Waals surface area contributed by atoms with E-state index < -0.39 is 12.0 Å². The molecule has 2 fully saturated rings. The monoisotopic (exact) mass is 437 g/mol. The molecule has 1 saturated heterocycles. The molecule has 2 aromatic heterocycles. The summed E-state index contributed by atoms with van der Waals surface area (Å²) in [7, 11) is 1.33. The van der Waals surface area contributed by atoms with Crippen LogP contribution in [-0.2, 0) is 22.5 Å². The first-order chi connectivity index (χ1) is 15.5. The number of aromatic nitrogens is 2. The number of amides is 1. The van der Waals surface area contributed by atoms with Crippen LogP contribution in [0.2, 0.25) is 0 Å². The average molecular weight is 438 g/mol. The van der Waals surface area contributed by atoms with Gasteiger partial charge >= 0.3 is 5.97 Å². The molecule has 0 N–H and O–H groups in total. The number of pyridine rings is 2. The van der Waals surface area contributed by atoms with E-state index in [2.05, 4.69) is 9.55 Å². The summed E-state index contributed by atoms with van der Waals surface area (Å²) in [5, 5.41) is 0. The third-order valence-corrected chi connectivity index (χ3v) is 6.85. The summed E-state index contributed by atoms with van der Waals surface area (Å²) in [5.41, 5.74) is 2.57. The van der Waals surface area contributed by atoms with Gasteiger partial charge in [-0.25, -0.2) is 4.79 Å². The molecule has 3 heterocycles. The molecular formula is C25H31N3O4. The Balaban J connectivity index is 1.79. The summed E-state index contributed by atoms with van der Waals surface area (Å²) in [6.45, 7) is 2.91. The number of ether oxygens (including phenoxy) is 1. The number of likely N-dealkylation sites (tertiary alicyclic amines) is 1. The minimum absolute atomic E-state index is 0.210. The maximum atomic E-state index is 13.7. The predicted octanol–water partition coefficient (Wildman–Crippen LogP) is 3.11. The van der Waals surface area contributed by atoms with Gasteiger partial charge in [-0.3, -0.25) is 14.6 Å². The molecule has 1 saturated carbocycles. The van der Waals surface area contributed by atoms with Gasteiger partial charge in [-0.05, 0) is 43.7 Å². The highest BCUT2D eigenvalue weighted by atomic mass is 16.5. The summed E-state index contributed by atoms with van der Waals surface area (Å²) >= 11 is 0. The maximum Gasteiger partial charge on any atom is 0.328 e. The van der Waals surface area contributed by atoms with Crippen LogP contribution in [0.15, 0.2) is 35.4 Å². The van der Waals surface area contributed by atoms with Gasteiger partial charge in [-0.1, -0.05) is 31.7 Å². The molecule has 0 unspecified atom stereocenters. The van der Waals surface area contributed by atoms with E-state index in [4.69, 9.17) is 4.74 Å². The van der Waals surface area contributed by atoms with Crippen molar-refractivity contribution < 1.29 is 14.3 Å². The van der Waals surface area contributed by atoms with E-state index in [1.165, 1.54) is 24.9 Å². The lowest BCUT2D eigenvalue weighted by Gasteiger charge is -2.26. The fourth-order valence-electron chi connectivity index (χ4n) is 5.19. The molecule has 0 spiro atoms. The van der Waals surface area contributed by atoms with Crippen molar-refractivity contribution >= 4 is 11.9 Å². The number of rotatable bonds is 6. The molecule has 0 bridgehead atoms. The number of carbonyl (C=O) groups is 2. The van der Waals surface area contributed by atoms with Crippen LogP contribution in [0.5, 0.6) is 0 Å². The van der Waals surface area contributed by atoms with Crippen molar-refractivity contribution in [2.45, 2.75) is 64.5 Å². The van der Waals surface area contributed by atoms with Gasteiger partial charge in [0.1, 0.15) is 11.6 Å². The van der Waals surface area contributed by atoms with Crippen molar-refractivity contribution in [2.24, 2.45) is 5.92 Å². The van der Waals surface area contributed by atoms with Gasteiger partial charge in [0.2, 0.25) is 0 Å². The van der Waals surface area contributed by atoms with Gasteiger partial charge < -0.3 is 14.2 Å². The van der Waals surface area contributed by atoms with Crippen molar-refractivity contribution in [2.75, 3.05) is 13.7 Å². The van der Waals surface area contributed by atoms with Crippen LogP contribution in [0.4, 0.5) is 0 Å². The quantitative estimate of drug-likeness (QED) is 0.649. The number of aryl methyl sites for hydroxylation is 1. The van der Waals surface area contributed by atoms with Crippen LogP contribution >= 0.6 is 0 Å². The van der Waals surface area contributed by atoms with E-state index in [0.29, 0.717) is 31.8 Å². The van der Waals surface area contributed by atoms with Crippen LogP contribution < -0.4 is 5.43 Å². The largest absolute Gasteiger partial charge is 0.467 e. The predicted molar refractivity (Wildman–Crippen MR) is 121 cm³/mol. The summed E-state index contributed by atoms with van der Waals surface area (Å²) in [5.74, 6) is -0.315. The zero-order valence-electron chi connectivity index (χ0n) is 18.9. The van der Waals surface area contributed by atoms with Gasteiger partial charge in [-0.2, -0.15) is 0 Å². The Bertz CT molecular complexity index is 1040. The van der Waals surface area contributed by atoms with Crippen molar-refractivity contribution in [3.05, 3.63) is 63.3 Å². The first kappa shape index (κ1) is 22.2. The lowest BCUT2D eigenvalue weighted by molar-refractivity contribution is -0.145. The highest BCUT2D eigenvalue weighted by Gasteiger charge is 2.37. The number of carbonyl (C=O) groups excluding carboxylic acids is 2. The maximum absolute atomic E-state index is 13.7. The standard InChI is InChI=1S/C25H31N3O4/c1-17-13-22(29)23(24(30)27-12-6-10-20(27)25(31)32-2)21(14-18-7-3-4-8-18)28(17)16-19-9-5-11-26-15-19/h5,9,11,13,15,18,20H,3-4,6-8,10,12,14,16H2,1-2H3/t20-/m0/s1. The smallest absolute Gasteiger partial charge is 0.328 e. The minimum atomic E-state index is -0.626. The summed E-state index contributed by atoms with van der Waals surface area (Å²) in [6, 6.07) is 4.81. The third-order valence-electron chi connectivity index (χ3n) is 6.85. The van der Waals surface area contributed by atoms with Gasteiger partial charge in [0.25, 0.3) is 5.91 Å². The summed E-state index contributed by atoms with van der Waals surface area (Å²) in [6.07, 6.45) is 10.1. The number of hydrogen-bond acceptors (Lipinski definition) is 5. The third kappa shape index (κ3) is 4.47. The molecule has 1 atom stereocenters. The van der Waals surface area contributed by atoms with Crippen molar-refractivity contribution in [3.63, 3.8) is 0 Å². The average Bonchev–Trinajstić information content (AvgIpc) is 3.48. The number of esters is 1. The summed E-state index contributed by atoms with van der Waals surface area (Å²) < 4.78 is 7.01. The highest BCUT2D eigenvalue weighted by molar-refractivity contribution is 5.98. The fraction of sp³-hybridized carbons (Fsp3) is 0.520. The molecule has 2 aromatic rings. The van der Waals surface area contributed by atoms with Crippen molar-refractivity contribution in [1.29, 1.82) is 0 Å². The second kappa shape index (κ2) is 9.67. The summed E-state index contributed by atoms with van der Waals surface area (Å²) in [4.78, 5) is 44.9. The molecule has 1 amide bonds. The van der Waals surface area contributed by atoms with Crippen molar-refractivity contribution in [1.82, 2.24) is 14.5 Å². The molecule has 0 radical (unpaired) electrons. The molecule has 1 aliphatic heterocycles. The van der Waals surface area contributed by atoms with E-state index in [1.807, 2.05) is 25.3 Å². The molecule has 0 aromatic carbocycles. The van der Waals surface area contributed by atoms with E-state index in [-0.39, 0.29) is 16.9 Å². The van der Waals surface area contributed by atoms with Gasteiger partial charge in [0, 0.05) is 42.9 Å². The second-order valence-corrected chi connectivity index (χ2v) is 8.95. The molecular weight excluding hydrogens is 406 g/mol. The Morgan fingerprint density at radius 3 is 2.66 bits per heavy atom. The Morgan fingerprint density at radius 1 is 1.19 bits per heavy atom. The normalized spacial score (nSPS) is 18.8. The molecule has 1 aliphatic carbocycles. The second-order valence-electron chi connectivity index (χ2n) is 8.95. The lowest BCUT2D eigenvalue weighted by Crippen LogP contribution is -2.43. The SMILES string of the molecule is COC(=O)[C@@H]1CCCN1C(=O)c1c(CC2CCCC2)n(Cc2cccnc2)c(C)cc1=O. The number of methoxy groups -OCH3 is 1. The Morgan fingerprint density at radius 2 is 1.97 bits per heavy atom. The molecule has 32 heavy (non-hydrogen) atoms. The fourth-order valence-corrected chi connectivity index (χ4v) is 5.19. The zero-order chi connectivity index (χ0) is 22.7. The molecule has 170 valence electrons. The molecule has 4 rings (SSSR count). The van der Waals surface area contributed by atoms with Crippen LogP contribution in [0, 0.1) is 12.8 Å². The number of hydrogen-bond donors (Lipinski definition) is 0. The van der Waals surface area contributed by atoms with Crippen LogP contribution in [-0.4, -0.2) is 46.0 Å². The first-order valence-corrected chi connectivity index (χ1v) is 11.5. The Kier molecular flexibility index (Phi) is 6.72. The van der Waals surface area contributed by atoms with Gasteiger partial charge in [0.05, 0.1) is 7.11 Å². The Labute approximate surface area is 188 Å². The van der Waals surface area contributed by atoms with Crippen LogP contribution in [0.3, 0.4) is 0 Å². The van der Waals surface area contributed by atoms with Gasteiger partial charge in [0.15, 0.2) is 5.43 Å². The molecule has 7 nitrogen and oxygen atoms in total. The van der Waals surface area contributed by atoms with E-state index >= 15 is 0 Å². The zero-order valence-corrected chi connectivity index (χ0v) is 18.9. The minimum Gasteiger partial charge on any atom is -0.467 e. The van der Waals surface area contributed by atoms with Crippen molar-refractivity contribution in [3.8, 4) is 0 Å². The van der Waals surface area contributed by atoms with E-state index in [0.717, 1.165) is 36.2 Å². The van der Waals surface area contributed by atoms with Crippen LogP contribution in [0.1, 0.15) is 65.8 Å². The molecule has 2 aliphatic rings. The highest BCUT2D eigenvalue weighted by Crippen LogP contribution is 2.30. The number of nitrogens with zero attached hydrogens (tertiary/aromatic N) is 3. The Hall–Kier alpha value is -2.96. The van der Waals surface area contributed by atoms with Gasteiger partial charge in [-0.15, -0.1) is 0 Å². The molecule has 7 heteroatoms. The topological polar surface area (TPSA) is 81.5 Å². The van der Waals surface area contributed by atoms with E-state index in [9.17, 15) is 14.4 Å². The van der Waals surface area contributed by atoms with E-state index in [1.54, 1.807) is 12.3 Å². The lowest BCUT2D eigenvalue weighted by atomic mass is 9.96. The van der Waals surface area contributed by atoms with Crippen LogP contribution in [0.25, 0.3) is 0 Å².